The highest BCUT2D eigenvalue weighted by molar-refractivity contribution is 7.99. The van der Waals surface area contributed by atoms with E-state index in [1.165, 1.54) is 0 Å². The van der Waals surface area contributed by atoms with Gasteiger partial charge in [0.15, 0.2) is 11.9 Å². The number of carbonyl (C=O) groups excluding carboxylic acids is 1. The fourth-order valence-corrected chi connectivity index (χ4v) is 3.81. The van der Waals surface area contributed by atoms with Gasteiger partial charge in [-0.25, -0.2) is 0 Å². The lowest BCUT2D eigenvalue weighted by Crippen LogP contribution is -2.47. The molecule has 2 aliphatic rings. The molecular weight excluding hydrogens is 300 g/mol. The number of carbonyl (C=O) groups is 1. The minimum atomic E-state index is -0.421. The zero-order valence-corrected chi connectivity index (χ0v) is 13.0. The topological polar surface area (TPSA) is 60.2 Å². The zero-order valence-electron chi connectivity index (χ0n) is 12.2. The molecule has 1 aromatic carbocycles. The van der Waals surface area contributed by atoms with Gasteiger partial charge in [0, 0.05) is 23.7 Å². The Kier molecular flexibility index (Phi) is 3.29. The first-order valence-corrected chi connectivity index (χ1v) is 8.27. The predicted molar refractivity (Wildman–Crippen MR) is 81.8 cm³/mol. The summed E-state index contributed by atoms with van der Waals surface area (Å²) < 4.78 is 7.95. The molecule has 0 spiro atoms. The summed E-state index contributed by atoms with van der Waals surface area (Å²) in [6.07, 6.45) is -0.421. The van der Waals surface area contributed by atoms with Gasteiger partial charge >= 0.3 is 0 Å². The number of fused-ring (bicyclic) bond motifs is 2. The molecule has 114 valence electrons. The van der Waals surface area contributed by atoms with Crippen LogP contribution in [0.5, 0.6) is 5.75 Å². The van der Waals surface area contributed by atoms with Crippen molar-refractivity contribution < 1.29 is 9.53 Å². The summed E-state index contributed by atoms with van der Waals surface area (Å²) in [5.41, 5.74) is 0. The number of hydrogen-bond acceptors (Lipinski definition) is 5. The minimum absolute atomic E-state index is 0.0360. The number of nitrogens with zero attached hydrogens (tertiary/aromatic N) is 4. The highest BCUT2D eigenvalue weighted by atomic mass is 32.2. The minimum Gasteiger partial charge on any atom is -0.479 e. The largest absolute Gasteiger partial charge is 0.479 e. The van der Waals surface area contributed by atoms with Crippen molar-refractivity contribution in [1.29, 1.82) is 0 Å². The number of hydrogen-bond donors (Lipinski definition) is 0. The molecule has 0 bridgehead atoms. The summed E-state index contributed by atoms with van der Waals surface area (Å²) in [5.74, 6) is 3.24. The van der Waals surface area contributed by atoms with Gasteiger partial charge in [0.25, 0.3) is 5.91 Å². The summed E-state index contributed by atoms with van der Waals surface area (Å²) in [6, 6.07) is 7.85. The van der Waals surface area contributed by atoms with Crippen molar-refractivity contribution in [3.63, 3.8) is 0 Å². The number of aryl methyl sites for hydroxylation is 1. The first kappa shape index (κ1) is 13.6. The highest BCUT2D eigenvalue weighted by Crippen LogP contribution is 2.35. The predicted octanol–water partition coefficient (Wildman–Crippen LogP) is 1.48. The molecule has 1 atom stereocenters. The molecule has 0 N–H and O–H groups in total. The molecule has 0 radical (unpaired) electrons. The molecule has 0 aliphatic carbocycles. The van der Waals surface area contributed by atoms with Gasteiger partial charge in [0.05, 0.1) is 6.54 Å². The van der Waals surface area contributed by atoms with E-state index in [-0.39, 0.29) is 5.91 Å². The van der Waals surface area contributed by atoms with Gasteiger partial charge in [0.2, 0.25) is 0 Å². The molecule has 0 fully saturated rings. The van der Waals surface area contributed by atoms with Crippen molar-refractivity contribution in [2.24, 2.45) is 0 Å². The van der Waals surface area contributed by atoms with Crippen LogP contribution in [0.4, 0.5) is 0 Å². The Bertz CT molecular complexity index is 730. The van der Waals surface area contributed by atoms with Crippen molar-refractivity contribution >= 4 is 17.7 Å². The summed E-state index contributed by atoms with van der Waals surface area (Å²) in [7, 11) is 0. The Morgan fingerprint density at radius 1 is 1.32 bits per heavy atom. The number of ether oxygens (including phenoxy) is 1. The molecule has 1 amide bonds. The van der Waals surface area contributed by atoms with Crippen LogP contribution >= 0.6 is 11.8 Å². The Hall–Kier alpha value is -2.02. The van der Waals surface area contributed by atoms with Crippen molar-refractivity contribution in [1.82, 2.24) is 19.7 Å². The normalized spacial score (nSPS) is 20.0. The standard InChI is InChI=1S/C15H16N4O2S/c1-10-16-17-14-8-18(6-7-19(10)14)15(20)12-9-22-13-5-3-2-4-11(13)21-12/h2-5,12H,6-9H2,1H3. The third-order valence-electron chi connectivity index (χ3n) is 4.03. The van der Waals surface area contributed by atoms with Crippen LogP contribution < -0.4 is 4.74 Å². The molecule has 6 nitrogen and oxygen atoms in total. The van der Waals surface area contributed by atoms with Gasteiger partial charge < -0.3 is 14.2 Å². The van der Waals surface area contributed by atoms with E-state index in [1.807, 2.05) is 36.1 Å². The number of aromatic nitrogens is 3. The van der Waals surface area contributed by atoms with Gasteiger partial charge in [-0.2, -0.15) is 0 Å². The maximum Gasteiger partial charge on any atom is 0.265 e. The molecule has 1 aromatic heterocycles. The zero-order chi connectivity index (χ0) is 15.1. The number of para-hydroxylation sites is 1. The monoisotopic (exact) mass is 316 g/mol. The van der Waals surface area contributed by atoms with Crippen LogP contribution in [0.15, 0.2) is 29.2 Å². The van der Waals surface area contributed by atoms with E-state index in [9.17, 15) is 4.79 Å². The van der Waals surface area contributed by atoms with Gasteiger partial charge in [-0.1, -0.05) is 12.1 Å². The smallest absolute Gasteiger partial charge is 0.265 e. The lowest BCUT2D eigenvalue weighted by molar-refractivity contribution is -0.139. The van der Waals surface area contributed by atoms with E-state index in [4.69, 9.17) is 4.74 Å². The second-order valence-electron chi connectivity index (χ2n) is 5.44. The average Bonchev–Trinajstić information content (AvgIpc) is 2.94. The first-order chi connectivity index (χ1) is 10.7. The fraction of sp³-hybridized carbons (Fsp3) is 0.400. The molecule has 1 unspecified atom stereocenters. The van der Waals surface area contributed by atoms with E-state index < -0.39 is 6.10 Å². The second kappa shape index (κ2) is 5.31. The Morgan fingerprint density at radius 2 is 2.18 bits per heavy atom. The van der Waals surface area contributed by atoms with Gasteiger partial charge in [0.1, 0.15) is 11.6 Å². The maximum atomic E-state index is 12.7. The van der Waals surface area contributed by atoms with Crippen LogP contribution in [0.1, 0.15) is 11.6 Å². The maximum absolute atomic E-state index is 12.7. The number of thioether (sulfide) groups is 1. The van der Waals surface area contributed by atoms with E-state index in [0.29, 0.717) is 18.8 Å². The third-order valence-corrected chi connectivity index (χ3v) is 5.15. The number of benzene rings is 1. The van der Waals surface area contributed by atoms with Crippen LogP contribution in [-0.4, -0.2) is 44.0 Å². The lowest BCUT2D eigenvalue weighted by Gasteiger charge is -2.32. The molecule has 7 heteroatoms. The molecule has 22 heavy (non-hydrogen) atoms. The van der Waals surface area contributed by atoms with Crippen molar-refractivity contribution in [3.8, 4) is 5.75 Å². The van der Waals surface area contributed by atoms with E-state index in [2.05, 4.69) is 14.8 Å². The summed E-state index contributed by atoms with van der Waals surface area (Å²) in [5, 5.41) is 8.22. The third kappa shape index (κ3) is 2.25. The number of amides is 1. The van der Waals surface area contributed by atoms with Crippen molar-refractivity contribution in [3.05, 3.63) is 35.9 Å². The molecule has 0 saturated heterocycles. The fourth-order valence-electron chi connectivity index (χ4n) is 2.84. The second-order valence-corrected chi connectivity index (χ2v) is 6.50. The quantitative estimate of drug-likeness (QED) is 0.797. The highest BCUT2D eigenvalue weighted by Gasteiger charge is 2.32. The summed E-state index contributed by atoms with van der Waals surface area (Å²) in [6.45, 7) is 3.87. The Morgan fingerprint density at radius 3 is 3.09 bits per heavy atom. The van der Waals surface area contributed by atoms with E-state index in [0.717, 1.165) is 28.8 Å². The lowest BCUT2D eigenvalue weighted by atomic mass is 10.2. The molecule has 3 heterocycles. The van der Waals surface area contributed by atoms with Crippen LogP contribution in [0.2, 0.25) is 0 Å². The average molecular weight is 316 g/mol. The number of rotatable bonds is 1. The Balaban J connectivity index is 1.49. The van der Waals surface area contributed by atoms with E-state index >= 15 is 0 Å². The molecule has 2 aromatic rings. The molecular formula is C15H16N4O2S. The summed E-state index contributed by atoms with van der Waals surface area (Å²) in [4.78, 5) is 15.6. The SMILES string of the molecule is Cc1nnc2n1CCN(C(=O)C1CSc3ccccc3O1)C2. The van der Waals surface area contributed by atoms with Crippen molar-refractivity contribution in [2.45, 2.75) is 31.0 Å². The molecule has 2 aliphatic heterocycles. The first-order valence-electron chi connectivity index (χ1n) is 7.28. The van der Waals surface area contributed by atoms with E-state index in [1.54, 1.807) is 11.8 Å². The van der Waals surface area contributed by atoms with Crippen LogP contribution in [-0.2, 0) is 17.9 Å². The summed E-state index contributed by atoms with van der Waals surface area (Å²) >= 11 is 1.67. The molecule has 0 saturated carbocycles. The van der Waals surface area contributed by atoms with Crippen LogP contribution in [0, 0.1) is 6.92 Å². The van der Waals surface area contributed by atoms with Crippen LogP contribution in [0.25, 0.3) is 0 Å². The van der Waals surface area contributed by atoms with Gasteiger partial charge in [-0.05, 0) is 19.1 Å². The van der Waals surface area contributed by atoms with Gasteiger partial charge in [-0.3, -0.25) is 4.79 Å². The van der Waals surface area contributed by atoms with Crippen molar-refractivity contribution in [2.75, 3.05) is 12.3 Å². The Labute approximate surface area is 132 Å². The van der Waals surface area contributed by atoms with Crippen LogP contribution in [0.3, 0.4) is 0 Å². The van der Waals surface area contributed by atoms with Gasteiger partial charge in [-0.15, -0.1) is 22.0 Å². The molecule has 4 rings (SSSR count).